The number of carboxylic acid groups (broad SMARTS) is 1. The van der Waals surface area contributed by atoms with Gasteiger partial charge in [-0.15, -0.1) is 0 Å². The van der Waals surface area contributed by atoms with E-state index in [4.69, 9.17) is 5.11 Å². The van der Waals surface area contributed by atoms with Crippen LogP contribution in [0.1, 0.15) is 34.1 Å². The first kappa shape index (κ1) is 16.0. The quantitative estimate of drug-likeness (QED) is 0.760. The lowest BCUT2D eigenvalue weighted by Gasteiger charge is -2.36. The molecular formula is C14H26N2O3. The van der Waals surface area contributed by atoms with Crippen LogP contribution in [0, 0.1) is 17.3 Å². The Morgan fingerprint density at radius 3 is 2.32 bits per heavy atom. The van der Waals surface area contributed by atoms with Gasteiger partial charge >= 0.3 is 5.97 Å². The normalized spacial score (nSPS) is 23.1. The second kappa shape index (κ2) is 6.37. The lowest BCUT2D eigenvalue weighted by atomic mass is 9.75. The number of nitrogens with one attached hydrogen (secondary N) is 1. The molecule has 0 radical (unpaired) electrons. The smallest absolute Gasteiger partial charge is 0.323 e. The molecule has 0 bridgehead atoms. The summed E-state index contributed by atoms with van der Waals surface area (Å²) in [5.41, 5.74) is -0.440. The summed E-state index contributed by atoms with van der Waals surface area (Å²) in [6, 6.07) is 0. The summed E-state index contributed by atoms with van der Waals surface area (Å²) in [5, 5.41) is 12.2. The number of rotatable bonds is 6. The predicted octanol–water partition coefficient (Wildman–Crippen LogP) is 1.19. The van der Waals surface area contributed by atoms with E-state index in [9.17, 15) is 9.59 Å². The molecule has 1 atom stereocenters. The molecule has 1 unspecified atom stereocenters. The zero-order chi connectivity index (χ0) is 14.6. The van der Waals surface area contributed by atoms with Gasteiger partial charge in [-0.1, -0.05) is 27.7 Å². The fraction of sp³-hybridized carbons (Fsp3) is 0.857. The van der Waals surface area contributed by atoms with Crippen LogP contribution >= 0.6 is 0 Å². The van der Waals surface area contributed by atoms with Crippen LogP contribution in [0.2, 0.25) is 0 Å². The lowest BCUT2D eigenvalue weighted by molar-refractivity contribution is -0.151. The van der Waals surface area contributed by atoms with Crippen LogP contribution in [-0.2, 0) is 9.59 Å². The molecule has 1 rings (SSSR count). The molecule has 1 amide bonds. The molecule has 1 aliphatic rings. The van der Waals surface area contributed by atoms with Gasteiger partial charge in [0.2, 0.25) is 5.91 Å². The van der Waals surface area contributed by atoms with E-state index in [0.717, 1.165) is 13.0 Å². The van der Waals surface area contributed by atoms with Crippen molar-refractivity contribution in [3.63, 3.8) is 0 Å². The highest BCUT2D eigenvalue weighted by atomic mass is 16.4. The van der Waals surface area contributed by atoms with E-state index in [2.05, 4.69) is 5.32 Å². The summed E-state index contributed by atoms with van der Waals surface area (Å²) in [5.74, 6) is -0.484. The van der Waals surface area contributed by atoms with E-state index in [-0.39, 0.29) is 24.3 Å². The Hall–Kier alpha value is -1.10. The number of carbonyl (C=O) groups is 2. The van der Waals surface area contributed by atoms with Gasteiger partial charge in [0, 0.05) is 13.1 Å². The number of carbonyl (C=O) groups excluding carboxylic acids is 1. The van der Waals surface area contributed by atoms with Crippen molar-refractivity contribution in [2.45, 2.75) is 34.1 Å². The molecule has 0 aliphatic carbocycles. The average Bonchev–Trinajstić information content (AvgIpc) is 2.76. The minimum Gasteiger partial charge on any atom is -0.480 e. The van der Waals surface area contributed by atoms with Crippen LogP contribution in [-0.4, -0.2) is 48.1 Å². The van der Waals surface area contributed by atoms with E-state index in [1.807, 2.05) is 27.7 Å². The van der Waals surface area contributed by atoms with Crippen molar-refractivity contribution in [3.8, 4) is 0 Å². The van der Waals surface area contributed by atoms with E-state index < -0.39 is 11.4 Å². The summed E-state index contributed by atoms with van der Waals surface area (Å²) in [6.07, 6.45) is 0.789. The SMILES string of the molecule is CC(C)CN(CC(=O)O)C(=O)C1(C(C)C)CCNC1. The summed E-state index contributed by atoms with van der Waals surface area (Å²) in [4.78, 5) is 25.3. The molecule has 1 fully saturated rings. The van der Waals surface area contributed by atoms with Gasteiger partial charge in [-0.3, -0.25) is 9.59 Å². The van der Waals surface area contributed by atoms with Gasteiger partial charge in [0.05, 0.1) is 5.41 Å². The number of carboxylic acids is 1. The Morgan fingerprint density at radius 1 is 1.32 bits per heavy atom. The molecule has 0 saturated carbocycles. The third-order valence-electron chi connectivity index (χ3n) is 3.92. The predicted molar refractivity (Wildman–Crippen MR) is 73.8 cm³/mol. The highest BCUT2D eigenvalue weighted by molar-refractivity contribution is 5.86. The number of hydrogen-bond donors (Lipinski definition) is 2. The highest BCUT2D eigenvalue weighted by Gasteiger charge is 2.46. The van der Waals surface area contributed by atoms with Gasteiger partial charge in [-0.05, 0) is 24.8 Å². The van der Waals surface area contributed by atoms with Gasteiger partial charge in [-0.25, -0.2) is 0 Å². The number of nitrogens with zero attached hydrogens (tertiary/aromatic N) is 1. The summed E-state index contributed by atoms with van der Waals surface area (Å²) in [6.45, 7) is 9.85. The first-order valence-electron chi connectivity index (χ1n) is 7.01. The summed E-state index contributed by atoms with van der Waals surface area (Å²) >= 11 is 0. The summed E-state index contributed by atoms with van der Waals surface area (Å²) < 4.78 is 0. The maximum atomic E-state index is 12.8. The van der Waals surface area contributed by atoms with E-state index in [1.54, 1.807) is 0 Å². The second-order valence-corrected chi connectivity index (χ2v) is 6.21. The van der Waals surface area contributed by atoms with Crippen LogP contribution in [0.5, 0.6) is 0 Å². The average molecular weight is 270 g/mol. The molecule has 0 aromatic carbocycles. The Labute approximate surface area is 115 Å². The van der Waals surface area contributed by atoms with Crippen molar-refractivity contribution < 1.29 is 14.7 Å². The zero-order valence-corrected chi connectivity index (χ0v) is 12.4. The van der Waals surface area contributed by atoms with Gasteiger partial charge < -0.3 is 15.3 Å². The molecule has 2 N–H and O–H groups in total. The minimum atomic E-state index is -0.945. The van der Waals surface area contributed by atoms with Crippen LogP contribution < -0.4 is 5.32 Å². The van der Waals surface area contributed by atoms with Gasteiger partial charge in [0.25, 0.3) is 0 Å². The Bertz CT molecular complexity index is 334. The fourth-order valence-electron chi connectivity index (χ4n) is 2.77. The van der Waals surface area contributed by atoms with Crippen molar-refractivity contribution >= 4 is 11.9 Å². The fourth-order valence-corrected chi connectivity index (χ4v) is 2.77. The minimum absolute atomic E-state index is 0.0106. The summed E-state index contributed by atoms with van der Waals surface area (Å²) in [7, 11) is 0. The maximum absolute atomic E-state index is 12.8. The van der Waals surface area contributed by atoms with Crippen molar-refractivity contribution in [2.24, 2.45) is 17.3 Å². The van der Waals surface area contributed by atoms with Crippen molar-refractivity contribution in [3.05, 3.63) is 0 Å². The Balaban J connectivity index is 2.92. The van der Waals surface area contributed by atoms with Crippen LogP contribution in [0.15, 0.2) is 0 Å². The Kier molecular flexibility index (Phi) is 5.35. The van der Waals surface area contributed by atoms with Gasteiger partial charge in [0.15, 0.2) is 0 Å². The van der Waals surface area contributed by atoms with Crippen LogP contribution in [0.4, 0.5) is 0 Å². The van der Waals surface area contributed by atoms with Crippen molar-refractivity contribution in [1.29, 1.82) is 0 Å². The maximum Gasteiger partial charge on any atom is 0.323 e. The molecule has 0 aromatic rings. The van der Waals surface area contributed by atoms with Crippen molar-refractivity contribution in [2.75, 3.05) is 26.2 Å². The number of aliphatic carboxylic acids is 1. The Morgan fingerprint density at radius 2 is 1.95 bits per heavy atom. The molecule has 5 heteroatoms. The molecule has 19 heavy (non-hydrogen) atoms. The third-order valence-corrected chi connectivity index (χ3v) is 3.92. The standard InChI is InChI=1S/C14H26N2O3/c1-10(2)7-16(8-12(17)18)13(19)14(11(3)4)5-6-15-9-14/h10-11,15H,5-9H2,1-4H3,(H,17,18). The highest BCUT2D eigenvalue weighted by Crippen LogP contribution is 2.36. The lowest BCUT2D eigenvalue weighted by Crippen LogP contribution is -2.50. The molecule has 110 valence electrons. The van der Waals surface area contributed by atoms with Crippen LogP contribution in [0.3, 0.4) is 0 Å². The topological polar surface area (TPSA) is 69.6 Å². The molecular weight excluding hydrogens is 244 g/mol. The van der Waals surface area contributed by atoms with E-state index in [1.165, 1.54) is 4.90 Å². The monoisotopic (exact) mass is 270 g/mol. The van der Waals surface area contributed by atoms with Crippen LogP contribution in [0.25, 0.3) is 0 Å². The molecule has 0 spiro atoms. The van der Waals surface area contributed by atoms with Gasteiger partial charge in [0.1, 0.15) is 6.54 Å². The first-order valence-corrected chi connectivity index (χ1v) is 7.01. The number of amides is 1. The molecule has 1 aliphatic heterocycles. The molecule has 5 nitrogen and oxygen atoms in total. The molecule has 1 saturated heterocycles. The van der Waals surface area contributed by atoms with Crippen molar-refractivity contribution in [1.82, 2.24) is 10.2 Å². The second-order valence-electron chi connectivity index (χ2n) is 6.21. The third kappa shape index (κ3) is 3.69. The molecule has 1 heterocycles. The van der Waals surface area contributed by atoms with Gasteiger partial charge in [-0.2, -0.15) is 0 Å². The number of hydrogen-bond acceptors (Lipinski definition) is 3. The van der Waals surface area contributed by atoms with E-state index >= 15 is 0 Å². The first-order chi connectivity index (χ1) is 8.79. The zero-order valence-electron chi connectivity index (χ0n) is 12.4. The largest absolute Gasteiger partial charge is 0.480 e. The van der Waals surface area contributed by atoms with E-state index in [0.29, 0.717) is 13.1 Å². The molecule has 0 aromatic heterocycles.